The van der Waals surface area contributed by atoms with Crippen molar-refractivity contribution in [3.8, 4) is 0 Å². The van der Waals surface area contributed by atoms with E-state index in [0.29, 0.717) is 31.4 Å². The summed E-state index contributed by atoms with van der Waals surface area (Å²) in [5.41, 5.74) is 2.50. The summed E-state index contributed by atoms with van der Waals surface area (Å²) in [4.78, 5) is 36.7. The van der Waals surface area contributed by atoms with Crippen LogP contribution in [0.25, 0.3) is 0 Å². The molecule has 2 fully saturated rings. The molecule has 2 aromatic rings. The molecule has 4 rings (SSSR count). The van der Waals surface area contributed by atoms with Crippen molar-refractivity contribution < 1.29 is 14.3 Å². The third kappa shape index (κ3) is 14.0. The first-order valence-electron chi connectivity index (χ1n) is 20.6. The predicted octanol–water partition coefficient (Wildman–Crippen LogP) is 8.88. The van der Waals surface area contributed by atoms with Gasteiger partial charge >= 0.3 is 0 Å². The molecular formula is C44H70N4O3. The van der Waals surface area contributed by atoms with Crippen molar-refractivity contribution in [1.82, 2.24) is 19.6 Å². The summed E-state index contributed by atoms with van der Waals surface area (Å²) in [5, 5.41) is 0. The Hall–Kier alpha value is -2.74. The second kappa shape index (κ2) is 23.0. The van der Waals surface area contributed by atoms with Crippen LogP contribution in [0.5, 0.6) is 0 Å². The predicted molar refractivity (Wildman–Crippen MR) is 211 cm³/mol. The van der Waals surface area contributed by atoms with Crippen LogP contribution in [0.3, 0.4) is 0 Å². The molecule has 7 nitrogen and oxygen atoms in total. The van der Waals surface area contributed by atoms with Crippen molar-refractivity contribution in [3.05, 3.63) is 71.8 Å². The van der Waals surface area contributed by atoms with Gasteiger partial charge in [0.05, 0.1) is 12.7 Å². The van der Waals surface area contributed by atoms with E-state index in [9.17, 15) is 9.59 Å². The van der Waals surface area contributed by atoms with Crippen molar-refractivity contribution in [2.75, 3.05) is 46.3 Å². The number of rotatable bonds is 20. The lowest BCUT2D eigenvalue weighted by atomic mass is 9.95. The summed E-state index contributed by atoms with van der Waals surface area (Å²) in [6.45, 7) is 12.6. The highest BCUT2D eigenvalue weighted by atomic mass is 16.5. The zero-order chi connectivity index (χ0) is 36.3. The van der Waals surface area contributed by atoms with Crippen molar-refractivity contribution in [3.63, 3.8) is 0 Å². The second-order valence-electron chi connectivity index (χ2n) is 15.3. The highest BCUT2D eigenvalue weighted by Crippen LogP contribution is 2.30. The van der Waals surface area contributed by atoms with Crippen molar-refractivity contribution in [2.24, 2.45) is 0 Å². The second-order valence-corrected chi connectivity index (χ2v) is 15.3. The van der Waals surface area contributed by atoms with E-state index in [1.54, 1.807) is 0 Å². The molecule has 4 atom stereocenters. The fourth-order valence-corrected chi connectivity index (χ4v) is 8.17. The molecule has 0 aromatic heterocycles. The van der Waals surface area contributed by atoms with Gasteiger partial charge in [-0.2, -0.15) is 0 Å². The van der Waals surface area contributed by atoms with E-state index in [-0.39, 0.29) is 24.1 Å². The van der Waals surface area contributed by atoms with Crippen LogP contribution in [-0.4, -0.2) is 95.9 Å². The minimum Gasteiger partial charge on any atom is -0.373 e. The maximum atomic E-state index is 14.1. The zero-order valence-corrected chi connectivity index (χ0v) is 32.7. The number of carbonyl (C=O) groups is 2. The van der Waals surface area contributed by atoms with Crippen LogP contribution in [0.15, 0.2) is 60.7 Å². The summed E-state index contributed by atoms with van der Waals surface area (Å²) in [5.74, 6) is 0.574. The normalized spacial score (nSPS) is 21.2. The molecule has 0 saturated carbocycles. The maximum Gasteiger partial charge on any atom is 0.224 e. The van der Waals surface area contributed by atoms with Crippen molar-refractivity contribution >= 4 is 11.8 Å². The van der Waals surface area contributed by atoms with E-state index in [4.69, 9.17) is 4.74 Å². The fraction of sp³-hybridized carbons (Fsp3) is 0.682. The molecule has 0 bridgehead atoms. The SMILES string of the molecule is CCCCC[C@@H](C[C@@H]1CC(=O)N(CCCCN2CCCN(C)[C@H](CCCCC)CC2=O)CCCN1[C@H](C)c1ccccc1)OCc1ccccc1. The first-order chi connectivity index (χ1) is 24.9. The molecule has 2 saturated heterocycles. The number of hydrogen-bond donors (Lipinski definition) is 0. The first kappa shape index (κ1) is 41.0. The maximum absolute atomic E-state index is 14.1. The minimum atomic E-state index is 0.106. The van der Waals surface area contributed by atoms with Gasteiger partial charge in [0.1, 0.15) is 0 Å². The van der Waals surface area contributed by atoms with Gasteiger partial charge in [-0.05, 0) is 76.6 Å². The molecule has 2 aromatic carbocycles. The van der Waals surface area contributed by atoms with E-state index < -0.39 is 0 Å². The molecule has 0 N–H and O–H groups in total. The van der Waals surface area contributed by atoms with Crippen LogP contribution in [0.2, 0.25) is 0 Å². The smallest absolute Gasteiger partial charge is 0.224 e. The Kier molecular flexibility index (Phi) is 18.5. The number of carbonyl (C=O) groups excluding carboxylic acids is 2. The Balaban J connectivity index is 1.37. The van der Waals surface area contributed by atoms with Gasteiger partial charge in [-0.25, -0.2) is 0 Å². The number of ether oxygens (including phenoxy) is 1. The lowest BCUT2D eigenvalue weighted by Crippen LogP contribution is -2.48. The Labute approximate surface area is 311 Å². The zero-order valence-electron chi connectivity index (χ0n) is 32.7. The van der Waals surface area contributed by atoms with Gasteiger partial charge in [0, 0.05) is 63.7 Å². The molecule has 51 heavy (non-hydrogen) atoms. The Morgan fingerprint density at radius 2 is 1.29 bits per heavy atom. The van der Waals surface area contributed by atoms with Gasteiger partial charge in [0.2, 0.25) is 11.8 Å². The number of unbranched alkanes of at least 4 members (excludes halogenated alkanes) is 5. The third-order valence-corrected chi connectivity index (χ3v) is 11.4. The standard InChI is InChI=1S/C44H70N4O3/c1-5-7-11-25-40-34-43(49)46(30-19-27-45(40)4)28-17-18-29-47-31-20-32-48(37(3)39-23-15-10-16-24-39)41(35-44(47)50)33-42(26-12-8-6-2)51-36-38-21-13-9-14-22-38/h9-10,13-16,21-24,37,40-42H,5-8,11-12,17-20,25-36H2,1-4H3/t37-,40-,41-,42+/m1/s1. The molecule has 2 aliphatic heterocycles. The van der Waals surface area contributed by atoms with Crippen LogP contribution in [0.4, 0.5) is 0 Å². The van der Waals surface area contributed by atoms with Gasteiger partial charge < -0.3 is 19.4 Å². The summed E-state index contributed by atoms with van der Waals surface area (Å²) in [7, 11) is 2.19. The molecule has 0 unspecified atom stereocenters. The summed E-state index contributed by atoms with van der Waals surface area (Å²) in [6.07, 6.45) is 15.3. The van der Waals surface area contributed by atoms with Gasteiger partial charge in [0.25, 0.3) is 0 Å². The Morgan fingerprint density at radius 3 is 1.94 bits per heavy atom. The van der Waals surface area contributed by atoms with Crippen LogP contribution in [-0.2, 0) is 20.9 Å². The van der Waals surface area contributed by atoms with Gasteiger partial charge in [-0.15, -0.1) is 0 Å². The molecule has 0 aliphatic carbocycles. The summed E-state index contributed by atoms with van der Waals surface area (Å²) in [6, 6.07) is 21.9. The molecule has 2 amide bonds. The molecular weight excluding hydrogens is 633 g/mol. The lowest BCUT2D eigenvalue weighted by Gasteiger charge is -2.41. The van der Waals surface area contributed by atoms with Gasteiger partial charge in [-0.3, -0.25) is 14.5 Å². The number of hydrogen-bond acceptors (Lipinski definition) is 5. The van der Waals surface area contributed by atoms with E-state index in [2.05, 4.69) is 108 Å². The molecule has 2 heterocycles. The number of amides is 2. The minimum absolute atomic E-state index is 0.106. The largest absolute Gasteiger partial charge is 0.373 e. The Bertz CT molecular complexity index is 1240. The van der Waals surface area contributed by atoms with Crippen LogP contribution < -0.4 is 0 Å². The van der Waals surface area contributed by atoms with E-state index in [1.807, 2.05) is 0 Å². The first-order valence-corrected chi connectivity index (χ1v) is 20.6. The average molecular weight is 703 g/mol. The third-order valence-electron chi connectivity index (χ3n) is 11.4. The van der Waals surface area contributed by atoms with Crippen molar-refractivity contribution in [2.45, 2.75) is 148 Å². The molecule has 0 radical (unpaired) electrons. The van der Waals surface area contributed by atoms with E-state index in [0.717, 1.165) is 90.6 Å². The van der Waals surface area contributed by atoms with Crippen molar-refractivity contribution in [1.29, 1.82) is 0 Å². The molecule has 2 aliphatic rings. The van der Waals surface area contributed by atoms with Gasteiger partial charge in [0.15, 0.2) is 0 Å². The molecule has 284 valence electrons. The molecule has 7 heteroatoms. The number of nitrogens with zero attached hydrogens (tertiary/aromatic N) is 4. The molecule has 0 spiro atoms. The van der Waals surface area contributed by atoms with Crippen LogP contribution in [0, 0.1) is 0 Å². The topological polar surface area (TPSA) is 56.3 Å². The number of benzene rings is 2. The average Bonchev–Trinajstić information content (AvgIpc) is 3.14. The quantitative estimate of drug-likeness (QED) is 0.129. The summed E-state index contributed by atoms with van der Waals surface area (Å²) >= 11 is 0. The summed E-state index contributed by atoms with van der Waals surface area (Å²) < 4.78 is 6.66. The van der Waals surface area contributed by atoms with Gasteiger partial charge in [-0.1, -0.05) is 113 Å². The Morgan fingerprint density at radius 1 is 0.706 bits per heavy atom. The van der Waals surface area contributed by atoms with E-state index in [1.165, 1.54) is 43.2 Å². The van der Waals surface area contributed by atoms with Crippen LogP contribution >= 0.6 is 0 Å². The fourth-order valence-electron chi connectivity index (χ4n) is 8.17. The lowest BCUT2D eigenvalue weighted by molar-refractivity contribution is -0.136. The van der Waals surface area contributed by atoms with E-state index >= 15 is 0 Å². The highest BCUT2D eigenvalue weighted by Gasteiger charge is 2.33. The highest BCUT2D eigenvalue weighted by molar-refractivity contribution is 5.77. The van der Waals surface area contributed by atoms with Crippen LogP contribution in [0.1, 0.15) is 134 Å². The monoisotopic (exact) mass is 703 g/mol.